The van der Waals surface area contributed by atoms with Crippen molar-refractivity contribution in [3.8, 4) is 11.4 Å². The van der Waals surface area contributed by atoms with Gasteiger partial charge in [0.15, 0.2) is 5.82 Å². The number of para-hydroxylation sites is 1. The first-order chi connectivity index (χ1) is 14.9. The molecule has 31 heavy (non-hydrogen) atoms. The number of halogens is 1. The highest BCUT2D eigenvalue weighted by molar-refractivity contribution is 9.10. The fourth-order valence-corrected chi connectivity index (χ4v) is 3.47. The highest BCUT2D eigenvalue weighted by Crippen LogP contribution is 2.21. The van der Waals surface area contributed by atoms with Crippen molar-refractivity contribution in [1.29, 1.82) is 0 Å². The number of aromatic nitrogens is 2. The summed E-state index contributed by atoms with van der Waals surface area (Å²) in [5, 5.41) is 0.437. The summed E-state index contributed by atoms with van der Waals surface area (Å²) >= 11 is 3.39. The van der Waals surface area contributed by atoms with Gasteiger partial charge in [-0.3, -0.25) is 15.0 Å². The molecular weight excluding hydrogens is 454 g/mol. The minimum absolute atomic E-state index is 0.329. The van der Waals surface area contributed by atoms with Crippen molar-refractivity contribution < 1.29 is 4.79 Å². The summed E-state index contributed by atoms with van der Waals surface area (Å²) in [6.45, 7) is 4.02. The number of rotatable bonds is 4. The van der Waals surface area contributed by atoms with Crippen molar-refractivity contribution in [2.24, 2.45) is 0 Å². The van der Waals surface area contributed by atoms with Crippen LogP contribution < -0.4 is 11.0 Å². The second kappa shape index (κ2) is 8.70. The molecule has 0 bridgehead atoms. The van der Waals surface area contributed by atoms with Crippen LogP contribution in [0.4, 0.5) is 0 Å². The Labute approximate surface area is 188 Å². The molecule has 5 nitrogen and oxygen atoms in total. The van der Waals surface area contributed by atoms with E-state index in [0.29, 0.717) is 16.7 Å². The zero-order chi connectivity index (χ0) is 22.0. The fourth-order valence-electron chi connectivity index (χ4n) is 3.20. The lowest BCUT2D eigenvalue weighted by atomic mass is 10.1. The van der Waals surface area contributed by atoms with Crippen LogP contribution in [0.5, 0.6) is 0 Å². The van der Waals surface area contributed by atoms with E-state index in [2.05, 4.69) is 26.3 Å². The molecule has 0 spiro atoms. The topological polar surface area (TPSA) is 64.0 Å². The second-order valence-corrected chi connectivity index (χ2v) is 8.17. The molecule has 0 aliphatic rings. The largest absolute Gasteiger partial charge is 0.280 e. The molecule has 4 rings (SSSR count). The molecule has 1 heterocycles. The summed E-state index contributed by atoms with van der Waals surface area (Å²) in [7, 11) is 0. The lowest BCUT2D eigenvalue weighted by Gasteiger charge is -2.14. The molecular formula is C25H20BrN3O2. The minimum atomic E-state index is -0.424. The molecule has 4 aromatic rings. The van der Waals surface area contributed by atoms with E-state index in [1.54, 1.807) is 24.3 Å². The number of carbonyl (C=O) groups is 1. The number of aryl methyl sites for hydroxylation is 2. The van der Waals surface area contributed by atoms with Gasteiger partial charge in [0.25, 0.3) is 11.5 Å². The van der Waals surface area contributed by atoms with Crippen LogP contribution in [0.25, 0.3) is 28.4 Å². The summed E-state index contributed by atoms with van der Waals surface area (Å²) in [6.07, 6.45) is 3.09. The lowest BCUT2D eigenvalue weighted by molar-refractivity contribution is -0.112. The standard InChI is InChI=1S/C25H20BrN3O2/c1-16-7-11-19(15-17(16)2)24-27-22-6-4-3-5-21(22)25(31)29(24)28-23(30)14-10-18-8-12-20(26)13-9-18/h3-15H,1-2H3,(H,28,30). The van der Waals surface area contributed by atoms with E-state index in [0.717, 1.165) is 26.7 Å². The van der Waals surface area contributed by atoms with Crippen molar-refractivity contribution in [2.45, 2.75) is 13.8 Å². The van der Waals surface area contributed by atoms with Crippen molar-refractivity contribution in [2.75, 3.05) is 5.43 Å². The van der Waals surface area contributed by atoms with Crippen molar-refractivity contribution in [3.05, 3.63) is 104 Å². The molecule has 0 fully saturated rings. The third-order valence-electron chi connectivity index (χ3n) is 5.06. The molecule has 6 heteroatoms. The first kappa shape index (κ1) is 20.8. The highest BCUT2D eigenvalue weighted by Gasteiger charge is 2.14. The first-order valence-electron chi connectivity index (χ1n) is 9.76. The number of nitrogens with zero attached hydrogens (tertiary/aromatic N) is 2. The van der Waals surface area contributed by atoms with E-state index >= 15 is 0 Å². The minimum Gasteiger partial charge on any atom is -0.268 e. The molecule has 1 aromatic heterocycles. The van der Waals surface area contributed by atoms with Crippen molar-refractivity contribution in [3.63, 3.8) is 0 Å². The average Bonchev–Trinajstić information content (AvgIpc) is 2.77. The molecule has 154 valence electrons. The van der Waals surface area contributed by atoms with Gasteiger partial charge in [0.2, 0.25) is 0 Å². The maximum Gasteiger partial charge on any atom is 0.280 e. The fraction of sp³-hybridized carbons (Fsp3) is 0.0800. The zero-order valence-electron chi connectivity index (χ0n) is 17.1. The summed E-state index contributed by atoms with van der Waals surface area (Å²) in [5.41, 5.74) is 6.78. The number of carbonyl (C=O) groups excluding carboxylic acids is 1. The van der Waals surface area contributed by atoms with Gasteiger partial charge in [-0.1, -0.05) is 52.3 Å². The molecule has 0 saturated carbocycles. The van der Waals surface area contributed by atoms with Crippen LogP contribution in [-0.2, 0) is 4.79 Å². The van der Waals surface area contributed by atoms with Gasteiger partial charge in [-0.25, -0.2) is 4.98 Å². The summed E-state index contributed by atoms with van der Waals surface area (Å²) < 4.78 is 2.18. The Hall–Kier alpha value is -3.51. The Kier molecular flexibility index (Phi) is 5.82. The quantitative estimate of drug-likeness (QED) is 0.413. The van der Waals surface area contributed by atoms with Gasteiger partial charge in [-0.05, 0) is 66.9 Å². The SMILES string of the molecule is Cc1ccc(-c2nc3ccccc3c(=O)n2NC(=O)C=Cc2ccc(Br)cc2)cc1C. The normalized spacial score (nSPS) is 11.2. The van der Waals surface area contributed by atoms with Crippen LogP contribution in [0.2, 0.25) is 0 Å². The van der Waals surface area contributed by atoms with E-state index in [1.165, 1.54) is 10.8 Å². The predicted octanol–water partition coefficient (Wildman–Crippen LogP) is 5.23. The smallest absolute Gasteiger partial charge is 0.268 e. The number of benzene rings is 3. The van der Waals surface area contributed by atoms with Gasteiger partial charge in [0, 0.05) is 16.1 Å². The molecule has 0 atom stereocenters. The number of fused-ring (bicyclic) bond motifs is 1. The van der Waals surface area contributed by atoms with E-state index < -0.39 is 5.91 Å². The van der Waals surface area contributed by atoms with Crippen LogP contribution in [-0.4, -0.2) is 15.6 Å². The molecule has 0 radical (unpaired) electrons. The van der Waals surface area contributed by atoms with Crippen LogP contribution in [0, 0.1) is 13.8 Å². The zero-order valence-corrected chi connectivity index (χ0v) is 18.7. The van der Waals surface area contributed by atoms with Crippen LogP contribution in [0.1, 0.15) is 16.7 Å². The van der Waals surface area contributed by atoms with Gasteiger partial charge in [-0.2, -0.15) is 4.68 Å². The van der Waals surface area contributed by atoms with E-state index in [9.17, 15) is 9.59 Å². The maximum atomic E-state index is 13.2. The second-order valence-electron chi connectivity index (χ2n) is 7.25. The number of amides is 1. The predicted molar refractivity (Wildman–Crippen MR) is 128 cm³/mol. The number of nitrogens with one attached hydrogen (secondary N) is 1. The van der Waals surface area contributed by atoms with Crippen LogP contribution in [0.3, 0.4) is 0 Å². The third-order valence-corrected chi connectivity index (χ3v) is 5.59. The Morgan fingerprint density at radius 1 is 1.00 bits per heavy atom. The Bertz CT molecular complexity index is 1370. The van der Waals surface area contributed by atoms with Crippen molar-refractivity contribution in [1.82, 2.24) is 9.66 Å². The lowest BCUT2D eigenvalue weighted by Crippen LogP contribution is -2.34. The van der Waals surface area contributed by atoms with Crippen molar-refractivity contribution >= 4 is 38.8 Å². The molecule has 0 unspecified atom stereocenters. The van der Waals surface area contributed by atoms with Gasteiger partial charge in [0.1, 0.15) is 0 Å². The number of hydrogen-bond acceptors (Lipinski definition) is 3. The van der Waals surface area contributed by atoms with Gasteiger partial charge in [0.05, 0.1) is 10.9 Å². The molecule has 0 aliphatic carbocycles. The van der Waals surface area contributed by atoms with Gasteiger partial charge < -0.3 is 0 Å². The summed E-state index contributed by atoms with van der Waals surface area (Å²) in [4.78, 5) is 30.5. The molecule has 0 saturated heterocycles. The van der Waals surface area contributed by atoms with E-state index in [1.807, 2.05) is 62.4 Å². The summed E-state index contributed by atoms with van der Waals surface area (Å²) in [5.74, 6) is -0.0376. The average molecular weight is 474 g/mol. The van der Waals surface area contributed by atoms with Crippen LogP contribution >= 0.6 is 15.9 Å². The third kappa shape index (κ3) is 4.49. The molecule has 3 aromatic carbocycles. The van der Waals surface area contributed by atoms with E-state index in [4.69, 9.17) is 0 Å². The highest BCUT2D eigenvalue weighted by atomic mass is 79.9. The number of hydrogen-bond donors (Lipinski definition) is 1. The maximum absolute atomic E-state index is 13.2. The first-order valence-corrected chi connectivity index (χ1v) is 10.6. The van der Waals surface area contributed by atoms with E-state index in [-0.39, 0.29) is 5.56 Å². The molecule has 0 aliphatic heterocycles. The van der Waals surface area contributed by atoms with Gasteiger partial charge >= 0.3 is 0 Å². The monoisotopic (exact) mass is 473 g/mol. The Morgan fingerprint density at radius 3 is 2.48 bits per heavy atom. The Balaban J connectivity index is 1.77. The van der Waals surface area contributed by atoms with Crippen LogP contribution in [0.15, 0.2) is 82.1 Å². The van der Waals surface area contributed by atoms with Gasteiger partial charge in [-0.15, -0.1) is 0 Å². The molecule has 1 N–H and O–H groups in total. The molecule has 1 amide bonds. The Morgan fingerprint density at radius 2 is 1.74 bits per heavy atom. The summed E-state index contributed by atoms with van der Waals surface area (Å²) in [6, 6.07) is 20.5.